The second-order valence-electron chi connectivity index (χ2n) is 3.33. The Kier molecular flexibility index (Phi) is 2.42. The summed E-state index contributed by atoms with van der Waals surface area (Å²) in [5, 5.41) is 3.75. The fourth-order valence-corrected chi connectivity index (χ4v) is 1.02. The summed E-state index contributed by atoms with van der Waals surface area (Å²) in [5.74, 6) is 1.19. The molecule has 0 aliphatic heterocycles. The van der Waals surface area contributed by atoms with Gasteiger partial charge in [-0.3, -0.25) is 0 Å². The Balaban J connectivity index is 2.33. The molecule has 2 rings (SSSR count). The molecule has 2 aromatic rings. The molecule has 0 spiro atoms. The number of rotatable bonds is 2. The Labute approximate surface area is 86.5 Å². The normalized spacial score (nSPS) is 12.7. The molecular formula is C9H11N5O. The van der Waals surface area contributed by atoms with Gasteiger partial charge in [-0.2, -0.15) is 4.98 Å². The van der Waals surface area contributed by atoms with Crippen LogP contribution in [0.3, 0.4) is 0 Å². The third kappa shape index (κ3) is 1.99. The lowest BCUT2D eigenvalue weighted by Crippen LogP contribution is -2.05. The van der Waals surface area contributed by atoms with Crippen LogP contribution in [-0.2, 0) is 0 Å². The lowest BCUT2D eigenvalue weighted by Gasteiger charge is -1.94. The predicted molar refractivity (Wildman–Crippen MR) is 52.7 cm³/mol. The van der Waals surface area contributed by atoms with Gasteiger partial charge in [0.05, 0.1) is 6.04 Å². The van der Waals surface area contributed by atoms with Crippen LogP contribution in [0.25, 0.3) is 11.6 Å². The molecule has 0 bridgehead atoms. The van der Waals surface area contributed by atoms with Crippen LogP contribution in [0.1, 0.15) is 24.4 Å². The summed E-state index contributed by atoms with van der Waals surface area (Å²) in [6, 6.07) is -0.281. The van der Waals surface area contributed by atoms with Gasteiger partial charge in [0.15, 0.2) is 0 Å². The van der Waals surface area contributed by atoms with Crippen molar-refractivity contribution in [2.24, 2.45) is 5.73 Å². The zero-order chi connectivity index (χ0) is 10.8. The largest absolute Gasteiger partial charge is 0.337 e. The molecule has 0 aliphatic rings. The highest BCUT2D eigenvalue weighted by atomic mass is 16.5. The van der Waals surface area contributed by atoms with Crippen LogP contribution in [0.4, 0.5) is 0 Å². The summed E-state index contributed by atoms with van der Waals surface area (Å²) >= 11 is 0. The van der Waals surface area contributed by atoms with Gasteiger partial charge in [0, 0.05) is 12.4 Å². The molecular weight excluding hydrogens is 194 g/mol. The number of aromatic nitrogens is 4. The van der Waals surface area contributed by atoms with Crippen LogP contribution in [-0.4, -0.2) is 20.1 Å². The first-order valence-electron chi connectivity index (χ1n) is 4.55. The fraction of sp³-hybridized carbons (Fsp3) is 0.333. The lowest BCUT2D eigenvalue weighted by molar-refractivity contribution is 0.361. The minimum absolute atomic E-state index is 0.281. The van der Waals surface area contributed by atoms with Gasteiger partial charge in [-0.15, -0.1) is 0 Å². The maximum absolute atomic E-state index is 5.59. The van der Waals surface area contributed by atoms with E-state index in [2.05, 4.69) is 20.1 Å². The first kappa shape index (κ1) is 9.72. The van der Waals surface area contributed by atoms with E-state index in [1.54, 1.807) is 19.3 Å². The molecule has 0 fully saturated rings. The van der Waals surface area contributed by atoms with Crippen molar-refractivity contribution in [2.75, 3.05) is 0 Å². The molecule has 2 aromatic heterocycles. The number of hydrogen-bond donors (Lipinski definition) is 1. The highest BCUT2D eigenvalue weighted by Crippen LogP contribution is 2.13. The van der Waals surface area contributed by atoms with Gasteiger partial charge in [-0.05, 0) is 19.4 Å². The molecule has 0 saturated heterocycles. The minimum Gasteiger partial charge on any atom is -0.337 e. The summed E-state index contributed by atoms with van der Waals surface area (Å²) in [5.41, 5.74) is 6.57. The highest BCUT2D eigenvalue weighted by molar-refractivity contribution is 5.40. The van der Waals surface area contributed by atoms with Gasteiger partial charge < -0.3 is 10.3 Å². The molecule has 0 unspecified atom stereocenters. The van der Waals surface area contributed by atoms with Crippen LogP contribution in [0.5, 0.6) is 0 Å². The van der Waals surface area contributed by atoms with Crippen molar-refractivity contribution >= 4 is 0 Å². The molecule has 1 atom stereocenters. The van der Waals surface area contributed by atoms with Gasteiger partial charge in [0.25, 0.3) is 0 Å². The van der Waals surface area contributed by atoms with Gasteiger partial charge in [0.2, 0.25) is 17.5 Å². The van der Waals surface area contributed by atoms with Gasteiger partial charge in [-0.1, -0.05) is 5.16 Å². The summed E-state index contributed by atoms with van der Waals surface area (Å²) in [6.07, 6.45) is 3.40. The van der Waals surface area contributed by atoms with Crippen molar-refractivity contribution in [2.45, 2.75) is 19.9 Å². The van der Waals surface area contributed by atoms with Crippen molar-refractivity contribution in [3.05, 3.63) is 23.8 Å². The standard InChI is InChI=1S/C9H11N5O/c1-5-3-11-7(12-4-5)8-13-9(6(2)10)15-14-8/h3-4,6H,10H2,1-2H3/t6-/m1/s1. The first-order chi connectivity index (χ1) is 7.16. The van der Waals surface area contributed by atoms with E-state index in [9.17, 15) is 0 Å². The molecule has 0 aromatic carbocycles. The van der Waals surface area contributed by atoms with E-state index in [-0.39, 0.29) is 6.04 Å². The SMILES string of the molecule is Cc1cnc(-c2noc([C@@H](C)N)n2)nc1. The molecule has 0 amide bonds. The van der Waals surface area contributed by atoms with E-state index in [1.807, 2.05) is 6.92 Å². The number of nitrogens with two attached hydrogens (primary N) is 1. The maximum Gasteiger partial charge on any atom is 0.243 e. The van der Waals surface area contributed by atoms with Crippen LogP contribution < -0.4 is 5.73 Å². The first-order valence-corrected chi connectivity index (χ1v) is 4.55. The van der Waals surface area contributed by atoms with Crippen molar-refractivity contribution in [3.63, 3.8) is 0 Å². The Morgan fingerprint density at radius 1 is 1.27 bits per heavy atom. The monoisotopic (exact) mass is 205 g/mol. The van der Waals surface area contributed by atoms with Crippen LogP contribution in [0.15, 0.2) is 16.9 Å². The van der Waals surface area contributed by atoms with E-state index >= 15 is 0 Å². The second kappa shape index (κ2) is 3.74. The summed E-state index contributed by atoms with van der Waals surface area (Å²) in [4.78, 5) is 12.3. The third-order valence-corrected chi connectivity index (χ3v) is 1.81. The van der Waals surface area contributed by atoms with Gasteiger partial charge >= 0.3 is 0 Å². The quantitative estimate of drug-likeness (QED) is 0.781. The molecule has 0 saturated carbocycles. The van der Waals surface area contributed by atoms with E-state index in [4.69, 9.17) is 10.3 Å². The topological polar surface area (TPSA) is 90.7 Å². The number of aryl methyl sites for hydroxylation is 1. The molecule has 78 valence electrons. The third-order valence-electron chi connectivity index (χ3n) is 1.81. The molecule has 0 aliphatic carbocycles. The molecule has 2 heterocycles. The minimum atomic E-state index is -0.281. The van der Waals surface area contributed by atoms with Gasteiger partial charge in [0.1, 0.15) is 0 Å². The van der Waals surface area contributed by atoms with E-state index in [1.165, 1.54) is 0 Å². The molecule has 15 heavy (non-hydrogen) atoms. The van der Waals surface area contributed by atoms with E-state index < -0.39 is 0 Å². The average Bonchev–Trinajstić information content (AvgIpc) is 2.68. The van der Waals surface area contributed by atoms with Gasteiger partial charge in [-0.25, -0.2) is 9.97 Å². The van der Waals surface area contributed by atoms with Crippen LogP contribution in [0, 0.1) is 6.92 Å². The number of hydrogen-bond acceptors (Lipinski definition) is 6. The smallest absolute Gasteiger partial charge is 0.243 e. The van der Waals surface area contributed by atoms with E-state index in [0.717, 1.165) is 5.56 Å². The van der Waals surface area contributed by atoms with Crippen LogP contribution in [0.2, 0.25) is 0 Å². The summed E-state index contributed by atoms with van der Waals surface area (Å²) < 4.78 is 4.94. The average molecular weight is 205 g/mol. The summed E-state index contributed by atoms with van der Waals surface area (Å²) in [7, 11) is 0. The number of nitrogens with zero attached hydrogens (tertiary/aromatic N) is 4. The van der Waals surface area contributed by atoms with Crippen molar-refractivity contribution < 1.29 is 4.52 Å². The highest BCUT2D eigenvalue weighted by Gasteiger charge is 2.13. The molecule has 6 heteroatoms. The Morgan fingerprint density at radius 2 is 1.93 bits per heavy atom. The van der Waals surface area contributed by atoms with E-state index in [0.29, 0.717) is 17.5 Å². The Bertz CT molecular complexity index is 448. The van der Waals surface area contributed by atoms with Crippen molar-refractivity contribution in [3.8, 4) is 11.6 Å². The second-order valence-corrected chi connectivity index (χ2v) is 3.33. The zero-order valence-electron chi connectivity index (χ0n) is 8.51. The zero-order valence-corrected chi connectivity index (χ0v) is 8.51. The summed E-state index contributed by atoms with van der Waals surface area (Å²) in [6.45, 7) is 3.68. The Morgan fingerprint density at radius 3 is 2.47 bits per heavy atom. The van der Waals surface area contributed by atoms with Crippen molar-refractivity contribution in [1.29, 1.82) is 0 Å². The molecule has 2 N–H and O–H groups in total. The van der Waals surface area contributed by atoms with Crippen molar-refractivity contribution in [1.82, 2.24) is 20.1 Å². The maximum atomic E-state index is 5.59. The fourth-order valence-electron chi connectivity index (χ4n) is 1.02. The predicted octanol–water partition coefficient (Wildman–Crippen LogP) is 0.855. The molecule has 6 nitrogen and oxygen atoms in total. The van der Waals surface area contributed by atoms with Crippen LogP contribution >= 0.6 is 0 Å². The Hall–Kier alpha value is -1.82. The molecule has 0 radical (unpaired) electrons. The lowest BCUT2D eigenvalue weighted by atomic mass is 10.4.